The van der Waals surface area contributed by atoms with E-state index in [1.165, 1.54) is 30.2 Å². The summed E-state index contributed by atoms with van der Waals surface area (Å²) in [7, 11) is -2.73. The first kappa shape index (κ1) is 18.1. The number of carbonyl (C=O) groups excluding carboxylic acids is 1. The van der Waals surface area contributed by atoms with Crippen LogP contribution in [0.15, 0.2) is 41.3 Å². The molecule has 6 nitrogen and oxygen atoms in total. The third-order valence-corrected chi connectivity index (χ3v) is 5.36. The molecule has 3 rings (SSSR count). The molecule has 1 aliphatic rings. The second-order valence-electron chi connectivity index (χ2n) is 5.71. The van der Waals surface area contributed by atoms with Crippen molar-refractivity contribution in [3.8, 4) is 5.75 Å². The van der Waals surface area contributed by atoms with Crippen molar-refractivity contribution >= 4 is 27.3 Å². The van der Waals surface area contributed by atoms with E-state index in [4.69, 9.17) is 4.74 Å². The van der Waals surface area contributed by atoms with Crippen LogP contribution in [-0.4, -0.2) is 28.0 Å². The molecule has 0 atom stereocenters. The number of sulfonamides is 1. The van der Waals surface area contributed by atoms with Crippen LogP contribution in [0.25, 0.3) is 0 Å². The number of benzene rings is 2. The van der Waals surface area contributed by atoms with Crippen molar-refractivity contribution in [1.82, 2.24) is 0 Å². The molecule has 1 amide bonds. The Hall–Kier alpha value is -2.68. The Labute approximate surface area is 149 Å². The lowest BCUT2D eigenvalue weighted by Crippen LogP contribution is -2.25. The second kappa shape index (κ2) is 6.91. The molecule has 1 fully saturated rings. The van der Waals surface area contributed by atoms with Crippen molar-refractivity contribution < 1.29 is 26.7 Å². The first-order valence-corrected chi connectivity index (χ1v) is 9.26. The summed E-state index contributed by atoms with van der Waals surface area (Å²) in [5.74, 6) is -1.62. The number of hydrogen-bond acceptors (Lipinski definition) is 4. The number of amides is 1. The molecular formula is C17H16F2N2O4S. The maximum Gasteiger partial charge on any atom is 0.262 e. The van der Waals surface area contributed by atoms with Gasteiger partial charge in [-0.1, -0.05) is 0 Å². The van der Waals surface area contributed by atoms with Crippen molar-refractivity contribution in [2.45, 2.75) is 17.7 Å². The fraction of sp³-hybridized carbons (Fsp3) is 0.235. The van der Waals surface area contributed by atoms with Gasteiger partial charge in [0.2, 0.25) is 5.91 Å². The zero-order valence-electron chi connectivity index (χ0n) is 13.8. The number of halogens is 2. The fourth-order valence-electron chi connectivity index (χ4n) is 2.73. The number of hydrogen-bond donors (Lipinski definition) is 1. The van der Waals surface area contributed by atoms with E-state index in [0.717, 1.165) is 12.1 Å². The predicted octanol–water partition coefficient (Wildman–Crippen LogP) is 2.90. The van der Waals surface area contributed by atoms with Gasteiger partial charge in [-0.3, -0.25) is 9.52 Å². The van der Waals surface area contributed by atoms with Gasteiger partial charge in [-0.25, -0.2) is 17.2 Å². The van der Waals surface area contributed by atoms with Crippen LogP contribution in [0.4, 0.5) is 20.2 Å². The van der Waals surface area contributed by atoms with Crippen LogP contribution in [0.2, 0.25) is 0 Å². The van der Waals surface area contributed by atoms with Gasteiger partial charge in [0.05, 0.1) is 23.4 Å². The molecule has 1 aliphatic heterocycles. The van der Waals surface area contributed by atoms with Crippen molar-refractivity contribution in [2.75, 3.05) is 23.3 Å². The molecule has 0 aliphatic carbocycles. The molecule has 1 heterocycles. The molecule has 1 saturated heterocycles. The largest absolute Gasteiger partial charge is 0.495 e. The van der Waals surface area contributed by atoms with Crippen LogP contribution in [-0.2, 0) is 14.8 Å². The standard InChI is InChI=1S/C17H16F2N2O4S/c1-25-16-7-5-12(10-15(16)21-8-2-3-17(21)22)26(23,24)20-14-6-4-11(18)9-13(14)19/h4-7,9-10,20H,2-3,8H2,1H3. The van der Waals surface area contributed by atoms with E-state index in [0.29, 0.717) is 36.9 Å². The van der Waals surface area contributed by atoms with Gasteiger partial charge in [0.15, 0.2) is 0 Å². The maximum atomic E-state index is 13.8. The fourth-order valence-corrected chi connectivity index (χ4v) is 3.81. The highest BCUT2D eigenvalue weighted by Crippen LogP contribution is 2.34. The Morgan fingerprint density at radius 3 is 2.54 bits per heavy atom. The summed E-state index contributed by atoms with van der Waals surface area (Å²) in [5, 5.41) is 0. The lowest BCUT2D eigenvalue weighted by atomic mass is 10.2. The average Bonchev–Trinajstić information content (AvgIpc) is 3.02. The van der Waals surface area contributed by atoms with Crippen molar-refractivity contribution in [3.63, 3.8) is 0 Å². The molecule has 0 bridgehead atoms. The predicted molar refractivity (Wildman–Crippen MR) is 91.7 cm³/mol. The SMILES string of the molecule is COc1ccc(S(=O)(=O)Nc2ccc(F)cc2F)cc1N1CCCC1=O. The zero-order valence-corrected chi connectivity index (χ0v) is 14.6. The highest BCUT2D eigenvalue weighted by Gasteiger charge is 2.27. The Balaban J connectivity index is 1.98. The molecule has 0 spiro atoms. The van der Waals surface area contributed by atoms with Gasteiger partial charge in [-0.2, -0.15) is 0 Å². The summed E-state index contributed by atoms with van der Waals surface area (Å²) < 4.78 is 59.2. The Morgan fingerprint density at radius 2 is 1.92 bits per heavy atom. The lowest BCUT2D eigenvalue weighted by molar-refractivity contribution is -0.117. The summed E-state index contributed by atoms with van der Waals surface area (Å²) in [6.45, 7) is 0.457. The van der Waals surface area contributed by atoms with Gasteiger partial charge in [-0.05, 0) is 36.8 Å². The van der Waals surface area contributed by atoms with Crippen LogP contribution in [0.3, 0.4) is 0 Å². The first-order chi connectivity index (χ1) is 12.3. The number of anilines is 2. The van der Waals surface area contributed by atoms with Crippen LogP contribution >= 0.6 is 0 Å². The molecule has 0 saturated carbocycles. The van der Waals surface area contributed by atoms with Gasteiger partial charge < -0.3 is 9.64 Å². The minimum atomic E-state index is -4.15. The normalized spacial score (nSPS) is 14.6. The van der Waals surface area contributed by atoms with Crippen LogP contribution in [0.1, 0.15) is 12.8 Å². The minimum Gasteiger partial charge on any atom is -0.495 e. The lowest BCUT2D eigenvalue weighted by Gasteiger charge is -2.20. The second-order valence-corrected chi connectivity index (χ2v) is 7.39. The van der Waals surface area contributed by atoms with Gasteiger partial charge in [0.25, 0.3) is 10.0 Å². The molecule has 9 heteroatoms. The highest BCUT2D eigenvalue weighted by atomic mass is 32.2. The number of nitrogens with one attached hydrogen (secondary N) is 1. The van der Waals surface area contributed by atoms with Crippen molar-refractivity contribution in [2.24, 2.45) is 0 Å². The summed E-state index contributed by atoms with van der Waals surface area (Å²) in [6, 6.07) is 6.54. The van der Waals surface area contributed by atoms with E-state index in [1.807, 2.05) is 0 Å². The van der Waals surface area contributed by atoms with E-state index < -0.39 is 21.7 Å². The monoisotopic (exact) mass is 382 g/mol. The van der Waals surface area contributed by atoms with Gasteiger partial charge in [0.1, 0.15) is 17.4 Å². The maximum absolute atomic E-state index is 13.8. The highest BCUT2D eigenvalue weighted by molar-refractivity contribution is 7.92. The summed E-state index contributed by atoms with van der Waals surface area (Å²) in [6.07, 6.45) is 1.04. The molecule has 2 aromatic carbocycles. The average molecular weight is 382 g/mol. The summed E-state index contributed by atoms with van der Waals surface area (Å²) >= 11 is 0. The number of carbonyl (C=O) groups is 1. The van der Waals surface area contributed by atoms with E-state index in [1.54, 1.807) is 0 Å². The number of rotatable bonds is 5. The minimum absolute atomic E-state index is 0.129. The van der Waals surface area contributed by atoms with E-state index >= 15 is 0 Å². The van der Waals surface area contributed by atoms with Crippen molar-refractivity contribution in [3.05, 3.63) is 48.0 Å². The molecule has 26 heavy (non-hydrogen) atoms. The van der Waals surface area contributed by atoms with Crippen molar-refractivity contribution in [1.29, 1.82) is 0 Å². The van der Waals surface area contributed by atoms with Crippen LogP contribution in [0.5, 0.6) is 5.75 Å². The number of ether oxygens (including phenoxy) is 1. The van der Waals surface area contributed by atoms with Crippen LogP contribution < -0.4 is 14.4 Å². The Bertz CT molecular complexity index is 963. The van der Waals surface area contributed by atoms with Gasteiger partial charge in [0, 0.05) is 19.0 Å². The summed E-state index contributed by atoms with van der Waals surface area (Å²) in [4.78, 5) is 13.3. The van der Waals surface area contributed by atoms with Gasteiger partial charge in [-0.15, -0.1) is 0 Å². The van der Waals surface area contributed by atoms with Gasteiger partial charge >= 0.3 is 0 Å². The van der Waals surface area contributed by atoms with E-state index in [9.17, 15) is 22.0 Å². The van der Waals surface area contributed by atoms with Crippen LogP contribution in [0, 0.1) is 11.6 Å². The first-order valence-electron chi connectivity index (χ1n) is 7.78. The third-order valence-electron chi connectivity index (χ3n) is 4.00. The topological polar surface area (TPSA) is 75.7 Å². The molecule has 0 aromatic heterocycles. The molecule has 0 radical (unpaired) electrons. The number of methoxy groups -OCH3 is 1. The molecule has 0 unspecified atom stereocenters. The molecule has 1 N–H and O–H groups in total. The molecule has 138 valence electrons. The van der Waals surface area contributed by atoms with E-state index in [-0.39, 0.29) is 16.5 Å². The smallest absolute Gasteiger partial charge is 0.262 e. The Morgan fingerprint density at radius 1 is 1.15 bits per heavy atom. The quantitative estimate of drug-likeness (QED) is 0.863. The van der Waals surface area contributed by atoms with E-state index in [2.05, 4.69) is 4.72 Å². The third kappa shape index (κ3) is 3.48. The summed E-state index contributed by atoms with van der Waals surface area (Å²) in [5.41, 5.74) is -0.0431. The number of nitrogens with zero attached hydrogens (tertiary/aromatic N) is 1. The Kier molecular flexibility index (Phi) is 4.82. The molecular weight excluding hydrogens is 366 g/mol. The zero-order chi connectivity index (χ0) is 18.9. The molecule has 2 aromatic rings.